The van der Waals surface area contributed by atoms with Crippen molar-refractivity contribution in [1.29, 1.82) is 0 Å². The van der Waals surface area contributed by atoms with E-state index < -0.39 is 5.60 Å². The van der Waals surface area contributed by atoms with Crippen LogP contribution in [0.15, 0.2) is 18.2 Å². The van der Waals surface area contributed by atoms with Crippen LogP contribution in [0.4, 0.5) is 4.79 Å². The van der Waals surface area contributed by atoms with Crippen molar-refractivity contribution in [2.45, 2.75) is 45.1 Å². The van der Waals surface area contributed by atoms with Gasteiger partial charge in [-0.1, -0.05) is 6.07 Å². The van der Waals surface area contributed by atoms with E-state index in [2.05, 4.69) is 9.87 Å². The number of amides is 1. The van der Waals surface area contributed by atoms with Gasteiger partial charge in [0, 0.05) is 30.8 Å². The summed E-state index contributed by atoms with van der Waals surface area (Å²) in [5.41, 5.74) is 0.514. The summed E-state index contributed by atoms with van der Waals surface area (Å²) < 4.78 is 5.40. The molecule has 6 heteroatoms. The van der Waals surface area contributed by atoms with E-state index in [1.807, 2.05) is 32.9 Å². The van der Waals surface area contributed by atoms with Gasteiger partial charge in [-0.3, -0.25) is 0 Å². The lowest BCUT2D eigenvalue weighted by Crippen LogP contribution is -2.41. The SMILES string of the molecule is COOc1cccc(C2CCN(C(=O)OC(C)(C)C)CC2)n1. The molecule has 0 N–H and O–H groups in total. The summed E-state index contributed by atoms with van der Waals surface area (Å²) in [4.78, 5) is 27.8. The second kappa shape index (κ2) is 6.96. The van der Waals surface area contributed by atoms with Gasteiger partial charge < -0.3 is 14.5 Å². The number of rotatable bonds is 3. The zero-order valence-electron chi connectivity index (χ0n) is 13.7. The van der Waals surface area contributed by atoms with E-state index in [4.69, 9.17) is 9.62 Å². The number of ether oxygens (including phenoxy) is 1. The molecule has 0 saturated carbocycles. The van der Waals surface area contributed by atoms with Crippen LogP contribution in [-0.4, -0.2) is 41.8 Å². The molecule has 2 heterocycles. The molecule has 2 rings (SSSR count). The van der Waals surface area contributed by atoms with Gasteiger partial charge in [0.05, 0.1) is 7.11 Å². The lowest BCUT2D eigenvalue weighted by atomic mass is 9.93. The number of piperidine rings is 1. The topological polar surface area (TPSA) is 60.9 Å². The molecule has 0 spiro atoms. The van der Waals surface area contributed by atoms with Crippen molar-refractivity contribution in [3.8, 4) is 5.88 Å². The Bertz CT molecular complexity index is 505. The van der Waals surface area contributed by atoms with Crippen LogP contribution in [0.25, 0.3) is 0 Å². The number of carbonyl (C=O) groups is 1. The molecule has 1 saturated heterocycles. The molecule has 0 atom stereocenters. The fourth-order valence-electron chi connectivity index (χ4n) is 2.47. The van der Waals surface area contributed by atoms with Crippen molar-refractivity contribution in [3.63, 3.8) is 0 Å². The zero-order chi connectivity index (χ0) is 16.2. The van der Waals surface area contributed by atoms with Crippen molar-refractivity contribution < 1.29 is 19.3 Å². The first-order valence-electron chi connectivity index (χ1n) is 7.54. The number of pyridine rings is 1. The Morgan fingerprint density at radius 3 is 2.55 bits per heavy atom. The number of hydrogen-bond acceptors (Lipinski definition) is 5. The van der Waals surface area contributed by atoms with Crippen molar-refractivity contribution in [2.24, 2.45) is 0 Å². The largest absolute Gasteiger partial charge is 0.444 e. The smallest absolute Gasteiger partial charge is 0.410 e. The third kappa shape index (κ3) is 4.59. The van der Waals surface area contributed by atoms with Gasteiger partial charge in [0.1, 0.15) is 5.60 Å². The van der Waals surface area contributed by atoms with Crippen LogP contribution in [0.3, 0.4) is 0 Å². The Kier molecular flexibility index (Phi) is 5.24. The third-order valence-electron chi connectivity index (χ3n) is 3.48. The number of aromatic nitrogens is 1. The standard InChI is InChI=1S/C16H24N2O4/c1-16(2,3)21-15(19)18-10-8-12(9-11-18)13-6-5-7-14(17-13)22-20-4/h5-7,12H,8-11H2,1-4H3. The second-order valence-electron chi connectivity index (χ2n) is 6.39. The lowest BCUT2D eigenvalue weighted by Gasteiger charge is -2.33. The Balaban J connectivity index is 1.92. The average Bonchev–Trinajstić information content (AvgIpc) is 2.46. The molecule has 1 aliphatic rings. The van der Waals surface area contributed by atoms with E-state index in [0.717, 1.165) is 18.5 Å². The summed E-state index contributed by atoms with van der Waals surface area (Å²) in [5.74, 6) is 0.772. The third-order valence-corrected chi connectivity index (χ3v) is 3.48. The monoisotopic (exact) mass is 308 g/mol. The van der Waals surface area contributed by atoms with Crippen molar-refractivity contribution in [1.82, 2.24) is 9.88 Å². The first-order valence-corrected chi connectivity index (χ1v) is 7.54. The molecule has 1 fully saturated rings. The van der Waals surface area contributed by atoms with Crippen LogP contribution in [0.1, 0.15) is 45.2 Å². The highest BCUT2D eigenvalue weighted by atomic mass is 17.2. The summed E-state index contributed by atoms with van der Waals surface area (Å²) in [6.45, 7) is 6.99. The fourth-order valence-corrected chi connectivity index (χ4v) is 2.47. The summed E-state index contributed by atoms with van der Waals surface area (Å²) in [6, 6.07) is 5.63. The van der Waals surface area contributed by atoms with Crippen molar-refractivity contribution in [3.05, 3.63) is 23.9 Å². The van der Waals surface area contributed by atoms with Gasteiger partial charge in [0.2, 0.25) is 0 Å². The van der Waals surface area contributed by atoms with Crippen molar-refractivity contribution in [2.75, 3.05) is 20.2 Å². The maximum atomic E-state index is 12.0. The molecule has 0 unspecified atom stereocenters. The number of hydrogen-bond donors (Lipinski definition) is 0. The Morgan fingerprint density at radius 1 is 1.27 bits per heavy atom. The highest BCUT2D eigenvalue weighted by Gasteiger charge is 2.28. The Hall–Kier alpha value is -1.82. The van der Waals surface area contributed by atoms with Gasteiger partial charge in [-0.15, -0.1) is 0 Å². The van der Waals surface area contributed by atoms with Crippen molar-refractivity contribution >= 4 is 6.09 Å². The predicted octanol–water partition coefficient (Wildman–Crippen LogP) is 3.14. The molecule has 1 amide bonds. The average molecular weight is 308 g/mol. The molecule has 6 nitrogen and oxygen atoms in total. The summed E-state index contributed by atoms with van der Waals surface area (Å²) in [7, 11) is 1.45. The minimum absolute atomic E-state index is 0.240. The minimum atomic E-state index is -0.457. The molecule has 1 aliphatic heterocycles. The first kappa shape index (κ1) is 16.5. The van der Waals surface area contributed by atoms with E-state index in [9.17, 15) is 4.79 Å². The summed E-state index contributed by atoms with van der Waals surface area (Å²) >= 11 is 0. The van der Waals surface area contributed by atoms with E-state index in [1.54, 1.807) is 11.0 Å². The molecule has 0 aromatic carbocycles. The van der Waals surface area contributed by atoms with E-state index in [0.29, 0.717) is 24.9 Å². The number of likely N-dealkylation sites (tertiary alicyclic amines) is 1. The van der Waals surface area contributed by atoms with Gasteiger partial charge in [-0.05, 0) is 39.7 Å². The molecule has 22 heavy (non-hydrogen) atoms. The molecule has 0 radical (unpaired) electrons. The first-order chi connectivity index (χ1) is 10.4. The van der Waals surface area contributed by atoms with E-state index >= 15 is 0 Å². The van der Waals surface area contributed by atoms with Crippen LogP contribution in [0.2, 0.25) is 0 Å². The summed E-state index contributed by atoms with van der Waals surface area (Å²) in [6.07, 6.45) is 1.49. The molecule has 1 aromatic heterocycles. The Morgan fingerprint density at radius 2 is 1.95 bits per heavy atom. The van der Waals surface area contributed by atoms with Crippen LogP contribution in [0.5, 0.6) is 5.88 Å². The van der Waals surface area contributed by atoms with Crippen LogP contribution in [0, 0.1) is 0 Å². The number of nitrogens with zero attached hydrogens (tertiary/aromatic N) is 2. The zero-order valence-corrected chi connectivity index (χ0v) is 13.7. The van der Waals surface area contributed by atoms with Gasteiger partial charge in [-0.25, -0.2) is 9.78 Å². The minimum Gasteiger partial charge on any atom is -0.444 e. The lowest BCUT2D eigenvalue weighted by molar-refractivity contribution is -0.181. The summed E-state index contributed by atoms with van der Waals surface area (Å²) in [5, 5.41) is 0. The highest BCUT2D eigenvalue weighted by molar-refractivity contribution is 5.68. The molecular weight excluding hydrogens is 284 g/mol. The molecule has 122 valence electrons. The van der Waals surface area contributed by atoms with Gasteiger partial charge in [-0.2, -0.15) is 4.89 Å². The maximum absolute atomic E-state index is 12.0. The highest BCUT2D eigenvalue weighted by Crippen LogP contribution is 2.28. The van der Waals surface area contributed by atoms with Crippen LogP contribution >= 0.6 is 0 Å². The van der Waals surface area contributed by atoms with Gasteiger partial charge in [0.15, 0.2) is 0 Å². The van der Waals surface area contributed by atoms with Crippen LogP contribution < -0.4 is 4.89 Å². The van der Waals surface area contributed by atoms with Crippen LogP contribution in [-0.2, 0) is 9.62 Å². The maximum Gasteiger partial charge on any atom is 0.410 e. The molecular formula is C16H24N2O4. The van der Waals surface area contributed by atoms with Gasteiger partial charge >= 0.3 is 6.09 Å². The molecule has 1 aromatic rings. The van der Waals surface area contributed by atoms with E-state index in [1.165, 1.54) is 7.11 Å². The molecule has 0 aliphatic carbocycles. The normalized spacial score (nSPS) is 16.5. The quantitative estimate of drug-likeness (QED) is 0.634. The second-order valence-corrected chi connectivity index (χ2v) is 6.39. The van der Waals surface area contributed by atoms with Gasteiger partial charge in [0.25, 0.3) is 5.88 Å². The molecule has 0 bridgehead atoms. The fraction of sp³-hybridized carbons (Fsp3) is 0.625. The number of carbonyl (C=O) groups excluding carboxylic acids is 1. The Labute approximate surface area is 131 Å². The predicted molar refractivity (Wildman–Crippen MR) is 81.7 cm³/mol. The van der Waals surface area contributed by atoms with E-state index in [-0.39, 0.29) is 6.09 Å².